The summed E-state index contributed by atoms with van der Waals surface area (Å²) in [7, 11) is 0. The molecule has 1 unspecified atom stereocenters. The van der Waals surface area contributed by atoms with Crippen molar-refractivity contribution >= 4 is 27.3 Å². The third-order valence-corrected chi connectivity index (χ3v) is 3.83. The summed E-state index contributed by atoms with van der Waals surface area (Å²) in [4.78, 5) is 1.35. The Hall–Kier alpha value is -0.320. The van der Waals surface area contributed by atoms with Gasteiger partial charge in [-0.15, -0.1) is 11.3 Å². The van der Waals surface area contributed by atoms with E-state index in [1.165, 1.54) is 14.9 Å². The van der Waals surface area contributed by atoms with E-state index < -0.39 is 0 Å². The van der Waals surface area contributed by atoms with Crippen LogP contribution >= 0.6 is 27.3 Å². The van der Waals surface area contributed by atoms with Gasteiger partial charge in [-0.25, -0.2) is 0 Å². The molecule has 0 aromatic carbocycles. The Morgan fingerprint density at radius 1 is 1.67 bits per heavy atom. The standard InChI is InChI=1S/C11H16BrNOS/c1-3-14-8-4-7-13-9(2)10-5-6-11(12)15-10/h3,5-6,9,13H,1,4,7-8H2,2H3. The summed E-state index contributed by atoms with van der Waals surface area (Å²) in [6.45, 7) is 7.37. The first-order valence-electron chi connectivity index (χ1n) is 4.95. The first-order chi connectivity index (χ1) is 7.24. The summed E-state index contributed by atoms with van der Waals surface area (Å²) in [6.07, 6.45) is 2.49. The van der Waals surface area contributed by atoms with Crippen molar-refractivity contribution in [2.75, 3.05) is 13.2 Å². The molecule has 0 aliphatic heterocycles. The first kappa shape index (κ1) is 12.7. The summed E-state index contributed by atoms with van der Waals surface area (Å²) in [5.74, 6) is 0. The van der Waals surface area contributed by atoms with Crippen LogP contribution < -0.4 is 5.32 Å². The van der Waals surface area contributed by atoms with Crippen molar-refractivity contribution in [3.8, 4) is 0 Å². The molecule has 0 radical (unpaired) electrons. The highest BCUT2D eigenvalue weighted by atomic mass is 79.9. The lowest BCUT2D eigenvalue weighted by atomic mass is 10.2. The fourth-order valence-electron chi connectivity index (χ4n) is 1.22. The van der Waals surface area contributed by atoms with Crippen LogP contribution in [-0.2, 0) is 4.74 Å². The minimum Gasteiger partial charge on any atom is -0.502 e. The van der Waals surface area contributed by atoms with Gasteiger partial charge >= 0.3 is 0 Å². The van der Waals surface area contributed by atoms with Gasteiger partial charge in [0, 0.05) is 10.9 Å². The lowest BCUT2D eigenvalue weighted by molar-refractivity contribution is 0.243. The Kier molecular flexibility index (Phi) is 5.98. The molecule has 0 spiro atoms. The molecule has 0 saturated heterocycles. The molecule has 1 heterocycles. The van der Waals surface area contributed by atoms with Crippen molar-refractivity contribution in [2.45, 2.75) is 19.4 Å². The molecule has 0 amide bonds. The second-order valence-corrected chi connectivity index (χ2v) is 5.70. The maximum Gasteiger partial charge on any atom is 0.0885 e. The monoisotopic (exact) mass is 289 g/mol. The van der Waals surface area contributed by atoms with Gasteiger partial charge in [0.25, 0.3) is 0 Å². The molecule has 1 atom stereocenters. The molecule has 1 aromatic rings. The molecule has 84 valence electrons. The predicted octanol–water partition coefficient (Wildman–Crippen LogP) is 3.71. The molecular weight excluding hydrogens is 274 g/mol. The summed E-state index contributed by atoms with van der Waals surface area (Å²) in [5, 5.41) is 3.45. The Bertz CT molecular complexity index is 301. The number of thiophene rings is 1. The van der Waals surface area contributed by atoms with Gasteiger partial charge in [-0.1, -0.05) is 6.58 Å². The molecule has 1 aromatic heterocycles. The van der Waals surface area contributed by atoms with Gasteiger partial charge in [0.05, 0.1) is 16.7 Å². The average Bonchev–Trinajstić information content (AvgIpc) is 2.64. The highest BCUT2D eigenvalue weighted by molar-refractivity contribution is 9.11. The second kappa shape index (κ2) is 7.04. The number of nitrogens with one attached hydrogen (secondary N) is 1. The lowest BCUT2D eigenvalue weighted by Crippen LogP contribution is -2.19. The van der Waals surface area contributed by atoms with Crippen LogP contribution in [0.2, 0.25) is 0 Å². The van der Waals surface area contributed by atoms with Crippen LogP contribution in [0.1, 0.15) is 24.3 Å². The van der Waals surface area contributed by atoms with Gasteiger partial charge in [-0.05, 0) is 48.0 Å². The van der Waals surface area contributed by atoms with Gasteiger partial charge in [0.15, 0.2) is 0 Å². The number of halogens is 1. The molecular formula is C11H16BrNOS. The van der Waals surface area contributed by atoms with E-state index in [1.807, 2.05) is 0 Å². The topological polar surface area (TPSA) is 21.3 Å². The fraction of sp³-hybridized carbons (Fsp3) is 0.455. The van der Waals surface area contributed by atoms with Crippen LogP contribution in [0, 0.1) is 0 Å². The van der Waals surface area contributed by atoms with Crippen LogP contribution in [0.4, 0.5) is 0 Å². The molecule has 0 bridgehead atoms. The molecule has 0 fully saturated rings. The lowest BCUT2D eigenvalue weighted by Gasteiger charge is -2.11. The van der Waals surface area contributed by atoms with Gasteiger partial charge in [0.1, 0.15) is 0 Å². The first-order valence-corrected chi connectivity index (χ1v) is 6.56. The Morgan fingerprint density at radius 3 is 3.07 bits per heavy atom. The number of ether oxygens (including phenoxy) is 1. The highest BCUT2D eigenvalue weighted by Gasteiger charge is 2.06. The molecule has 15 heavy (non-hydrogen) atoms. The molecule has 4 heteroatoms. The molecule has 0 aliphatic rings. The van der Waals surface area contributed by atoms with E-state index >= 15 is 0 Å². The molecule has 0 aliphatic carbocycles. The van der Waals surface area contributed by atoms with E-state index in [0.717, 1.165) is 19.6 Å². The molecule has 1 rings (SSSR count). The van der Waals surface area contributed by atoms with E-state index in [1.54, 1.807) is 11.3 Å². The van der Waals surface area contributed by atoms with E-state index in [-0.39, 0.29) is 0 Å². The largest absolute Gasteiger partial charge is 0.502 e. The van der Waals surface area contributed by atoms with Gasteiger partial charge in [-0.2, -0.15) is 0 Å². The summed E-state index contributed by atoms with van der Waals surface area (Å²) >= 11 is 5.23. The number of hydrogen-bond acceptors (Lipinski definition) is 3. The Morgan fingerprint density at radius 2 is 2.47 bits per heavy atom. The Balaban J connectivity index is 2.18. The minimum absolute atomic E-state index is 0.407. The van der Waals surface area contributed by atoms with Crippen molar-refractivity contribution in [1.82, 2.24) is 5.32 Å². The van der Waals surface area contributed by atoms with E-state index in [2.05, 4.69) is 46.9 Å². The van der Waals surface area contributed by atoms with Crippen molar-refractivity contribution in [3.05, 3.63) is 33.6 Å². The zero-order valence-corrected chi connectivity index (χ0v) is 11.2. The van der Waals surface area contributed by atoms with Crippen LogP contribution in [0.25, 0.3) is 0 Å². The quantitative estimate of drug-likeness (QED) is 0.610. The smallest absolute Gasteiger partial charge is 0.0885 e. The van der Waals surface area contributed by atoms with Gasteiger partial charge < -0.3 is 10.1 Å². The van der Waals surface area contributed by atoms with E-state index in [9.17, 15) is 0 Å². The van der Waals surface area contributed by atoms with Crippen LogP contribution in [0.5, 0.6) is 0 Å². The number of rotatable bonds is 7. The average molecular weight is 290 g/mol. The van der Waals surface area contributed by atoms with Crippen molar-refractivity contribution in [2.24, 2.45) is 0 Å². The SMILES string of the molecule is C=COCCCNC(C)c1ccc(Br)s1. The van der Waals surface area contributed by atoms with Crippen molar-refractivity contribution < 1.29 is 4.74 Å². The van der Waals surface area contributed by atoms with Crippen molar-refractivity contribution in [1.29, 1.82) is 0 Å². The second-order valence-electron chi connectivity index (χ2n) is 3.21. The van der Waals surface area contributed by atoms with Gasteiger partial charge in [-0.3, -0.25) is 0 Å². The predicted molar refractivity (Wildman–Crippen MR) is 69.2 cm³/mol. The maximum absolute atomic E-state index is 5.04. The fourth-order valence-corrected chi connectivity index (χ4v) is 2.67. The third-order valence-electron chi connectivity index (χ3n) is 2.03. The summed E-state index contributed by atoms with van der Waals surface area (Å²) in [6, 6.07) is 4.64. The van der Waals surface area contributed by atoms with E-state index in [4.69, 9.17) is 4.74 Å². The molecule has 1 N–H and O–H groups in total. The third kappa shape index (κ3) is 4.82. The van der Waals surface area contributed by atoms with Crippen molar-refractivity contribution in [3.63, 3.8) is 0 Å². The molecule has 0 saturated carbocycles. The van der Waals surface area contributed by atoms with E-state index in [0.29, 0.717) is 6.04 Å². The summed E-state index contributed by atoms with van der Waals surface area (Å²) < 4.78 is 6.23. The number of hydrogen-bond donors (Lipinski definition) is 1. The van der Waals surface area contributed by atoms with Gasteiger partial charge in [0.2, 0.25) is 0 Å². The minimum atomic E-state index is 0.407. The zero-order valence-electron chi connectivity index (χ0n) is 8.83. The molecule has 2 nitrogen and oxygen atoms in total. The maximum atomic E-state index is 5.04. The zero-order chi connectivity index (χ0) is 11.1. The normalized spacial score (nSPS) is 12.4. The van der Waals surface area contributed by atoms with Crippen LogP contribution in [0.3, 0.4) is 0 Å². The van der Waals surface area contributed by atoms with Crippen LogP contribution in [0.15, 0.2) is 28.8 Å². The highest BCUT2D eigenvalue weighted by Crippen LogP contribution is 2.26. The Labute approximate surface area is 103 Å². The van der Waals surface area contributed by atoms with Crippen LogP contribution in [-0.4, -0.2) is 13.2 Å². The summed E-state index contributed by atoms with van der Waals surface area (Å²) in [5.41, 5.74) is 0.